The van der Waals surface area contributed by atoms with E-state index in [-0.39, 0.29) is 43.4 Å². The van der Waals surface area contributed by atoms with E-state index in [0.717, 1.165) is 0 Å². The number of carbonyl (C=O) groups is 4. The normalized spacial score (nSPS) is 21.0. The minimum atomic E-state index is -1.55. The number of amides is 3. The first-order chi connectivity index (χ1) is 11.9. The Balaban J connectivity index is 1.85. The van der Waals surface area contributed by atoms with Gasteiger partial charge >= 0.3 is 5.97 Å². The highest BCUT2D eigenvalue weighted by Gasteiger charge is 2.40. The van der Waals surface area contributed by atoms with E-state index in [2.05, 4.69) is 5.32 Å². The number of imide groups is 1. The van der Waals surface area contributed by atoms with E-state index < -0.39 is 28.7 Å². The van der Waals surface area contributed by atoms with Crippen molar-refractivity contribution in [1.82, 2.24) is 10.2 Å². The average molecular weight is 364 g/mol. The maximum absolute atomic E-state index is 12.6. The molecule has 0 aliphatic carbocycles. The Labute approximate surface area is 145 Å². The largest absolute Gasteiger partial charge is 0.481 e. The number of carbonyl (C=O) groups excluding carboxylic acids is 3. The molecule has 9 heteroatoms. The zero-order chi connectivity index (χ0) is 18.1. The summed E-state index contributed by atoms with van der Waals surface area (Å²) in [5, 5.41) is 11.0. The Bertz CT molecular complexity index is 806. The molecule has 2 heterocycles. The van der Waals surface area contributed by atoms with Gasteiger partial charge in [0.15, 0.2) is 0 Å². The molecule has 2 aliphatic rings. The van der Waals surface area contributed by atoms with Gasteiger partial charge in [0.2, 0.25) is 11.8 Å². The Morgan fingerprint density at radius 1 is 1.32 bits per heavy atom. The first-order valence-electron chi connectivity index (χ1n) is 7.75. The molecule has 3 rings (SSSR count). The molecule has 1 aromatic rings. The third kappa shape index (κ3) is 3.32. The van der Waals surface area contributed by atoms with Crippen LogP contribution in [0.15, 0.2) is 23.1 Å². The molecule has 0 radical (unpaired) electrons. The smallest absolute Gasteiger partial charge is 0.304 e. The molecule has 0 bridgehead atoms. The number of carboxylic acids is 1. The molecule has 25 heavy (non-hydrogen) atoms. The second kappa shape index (κ2) is 6.75. The predicted octanol–water partition coefficient (Wildman–Crippen LogP) is 0.0299. The van der Waals surface area contributed by atoms with Crippen LogP contribution in [0, 0.1) is 0 Å². The lowest BCUT2D eigenvalue weighted by atomic mass is 10.0. The predicted molar refractivity (Wildman–Crippen MR) is 86.0 cm³/mol. The summed E-state index contributed by atoms with van der Waals surface area (Å²) in [5.74, 6) is -2.30. The highest BCUT2D eigenvalue weighted by molar-refractivity contribution is 7.85. The van der Waals surface area contributed by atoms with Crippen LogP contribution >= 0.6 is 0 Å². The van der Waals surface area contributed by atoms with Gasteiger partial charge in [-0.15, -0.1) is 0 Å². The van der Waals surface area contributed by atoms with Crippen LogP contribution < -0.4 is 5.32 Å². The molecule has 2 aliphatic heterocycles. The van der Waals surface area contributed by atoms with Crippen molar-refractivity contribution in [2.24, 2.45) is 0 Å². The van der Waals surface area contributed by atoms with E-state index in [0.29, 0.717) is 16.0 Å². The van der Waals surface area contributed by atoms with Crippen molar-refractivity contribution < 1.29 is 28.5 Å². The molecule has 2 atom stereocenters. The van der Waals surface area contributed by atoms with Crippen molar-refractivity contribution in [1.29, 1.82) is 0 Å². The van der Waals surface area contributed by atoms with Crippen LogP contribution in [-0.4, -0.2) is 49.7 Å². The van der Waals surface area contributed by atoms with Crippen molar-refractivity contribution in [3.63, 3.8) is 0 Å². The van der Waals surface area contributed by atoms with Crippen LogP contribution in [0.4, 0.5) is 0 Å². The fourth-order valence-electron chi connectivity index (χ4n) is 3.06. The number of carboxylic acid groups (broad SMARTS) is 1. The lowest BCUT2D eigenvalue weighted by Crippen LogP contribution is -2.52. The summed E-state index contributed by atoms with van der Waals surface area (Å²) in [6.07, 6.45) is 0.177. The molecule has 2 N–H and O–H groups in total. The minimum Gasteiger partial charge on any atom is -0.481 e. The van der Waals surface area contributed by atoms with E-state index in [1.165, 1.54) is 4.90 Å². The Kier molecular flexibility index (Phi) is 4.67. The first kappa shape index (κ1) is 17.3. The highest BCUT2D eigenvalue weighted by Crippen LogP contribution is 2.31. The number of hydrogen-bond donors (Lipinski definition) is 2. The molecule has 3 amide bonds. The molecule has 0 saturated carbocycles. The fraction of sp³-hybridized carbons (Fsp3) is 0.375. The molecular formula is C16H16N2O6S. The van der Waals surface area contributed by atoms with Gasteiger partial charge in [0, 0.05) is 34.7 Å². The maximum Gasteiger partial charge on any atom is 0.304 e. The quantitative estimate of drug-likeness (QED) is 0.711. The number of nitrogens with zero attached hydrogens (tertiary/aromatic N) is 1. The van der Waals surface area contributed by atoms with Crippen molar-refractivity contribution in [3.8, 4) is 0 Å². The number of nitrogens with one attached hydrogen (secondary N) is 1. The second-order valence-corrected chi connectivity index (χ2v) is 7.41. The van der Waals surface area contributed by atoms with Gasteiger partial charge in [0.05, 0.1) is 17.2 Å². The van der Waals surface area contributed by atoms with Gasteiger partial charge < -0.3 is 10.0 Å². The summed E-state index contributed by atoms with van der Waals surface area (Å²) in [7, 11) is -1.55. The van der Waals surface area contributed by atoms with E-state index in [4.69, 9.17) is 5.11 Å². The van der Waals surface area contributed by atoms with Gasteiger partial charge in [0.1, 0.15) is 6.04 Å². The van der Waals surface area contributed by atoms with Crippen LogP contribution in [0.3, 0.4) is 0 Å². The standard InChI is InChI=1S/C16H16N2O6S/c19-13-5-4-11(15(22)17-13)18-8-10-9(16(18)23)2-1-3-12(10)25(24)7-6-14(20)21/h1-3,11H,4-8H2,(H,20,21)(H,17,19,22). The summed E-state index contributed by atoms with van der Waals surface area (Å²) in [4.78, 5) is 48.4. The van der Waals surface area contributed by atoms with Crippen molar-refractivity contribution >= 4 is 34.5 Å². The molecule has 8 nitrogen and oxygen atoms in total. The van der Waals surface area contributed by atoms with E-state index in [1.807, 2.05) is 0 Å². The number of hydrogen-bond acceptors (Lipinski definition) is 5. The molecular weight excluding hydrogens is 348 g/mol. The van der Waals surface area contributed by atoms with Crippen LogP contribution in [0.1, 0.15) is 35.2 Å². The maximum atomic E-state index is 12.6. The second-order valence-electron chi connectivity index (χ2n) is 5.88. The number of rotatable bonds is 5. The Hall–Kier alpha value is -2.55. The summed E-state index contributed by atoms with van der Waals surface area (Å²) < 4.78 is 12.4. The zero-order valence-corrected chi connectivity index (χ0v) is 14.0. The van der Waals surface area contributed by atoms with Crippen LogP contribution in [0.2, 0.25) is 0 Å². The zero-order valence-electron chi connectivity index (χ0n) is 13.2. The molecule has 1 fully saturated rings. The van der Waals surface area contributed by atoms with Gasteiger partial charge in [-0.3, -0.25) is 28.7 Å². The summed E-state index contributed by atoms with van der Waals surface area (Å²) >= 11 is 0. The van der Waals surface area contributed by atoms with Crippen molar-refractivity contribution in [3.05, 3.63) is 29.3 Å². The monoisotopic (exact) mass is 364 g/mol. The highest BCUT2D eigenvalue weighted by atomic mass is 32.2. The number of fused-ring (bicyclic) bond motifs is 1. The fourth-order valence-corrected chi connectivity index (χ4v) is 4.32. The van der Waals surface area contributed by atoms with Crippen molar-refractivity contribution in [2.45, 2.75) is 36.7 Å². The van der Waals surface area contributed by atoms with Gasteiger partial charge in [0.25, 0.3) is 5.91 Å². The summed E-state index contributed by atoms with van der Waals surface area (Å²) in [6, 6.07) is 4.07. The Morgan fingerprint density at radius 2 is 2.08 bits per heavy atom. The third-order valence-corrected chi connectivity index (χ3v) is 5.73. The Morgan fingerprint density at radius 3 is 2.76 bits per heavy atom. The summed E-state index contributed by atoms with van der Waals surface area (Å²) in [6.45, 7) is 0.120. The SMILES string of the molecule is O=C(O)CCS(=O)c1cccc2c1CN(C1CCC(=O)NC1=O)C2=O. The van der Waals surface area contributed by atoms with Crippen LogP contribution in [-0.2, 0) is 31.7 Å². The van der Waals surface area contributed by atoms with E-state index in [1.54, 1.807) is 18.2 Å². The summed E-state index contributed by atoms with van der Waals surface area (Å²) in [5.41, 5.74) is 0.923. The van der Waals surface area contributed by atoms with Gasteiger partial charge in [-0.25, -0.2) is 0 Å². The van der Waals surface area contributed by atoms with Crippen LogP contribution in [0.5, 0.6) is 0 Å². The molecule has 0 aromatic heterocycles. The topological polar surface area (TPSA) is 121 Å². The van der Waals surface area contributed by atoms with Gasteiger partial charge in [-0.1, -0.05) is 6.07 Å². The van der Waals surface area contributed by atoms with Crippen molar-refractivity contribution in [2.75, 3.05) is 5.75 Å². The molecule has 1 aromatic carbocycles. The molecule has 1 saturated heterocycles. The third-order valence-electron chi connectivity index (χ3n) is 4.29. The lowest BCUT2D eigenvalue weighted by molar-refractivity contribution is -0.138. The lowest BCUT2D eigenvalue weighted by Gasteiger charge is -2.29. The molecule has 2 unspecified atom stereocenters. The first-order valence-corrected chi connectivity index (χ1v) is 9.07. The number of benzene rings is 1. The van der Waals surface area contributed by atoms with E-state index >= 15 is 0 Å². The van der Waals surface area contributed by atoms with Crippen LogP contribution in [0.25, 0.3) is 0 Å². The van der Waals surface area contributed by atoms with Gasteiger partial charge in [-0.05, 0) is 18.6 Å². The average Bonchev–Trinajstić information content (AvgIpc) is 2.89. The number of aliphatic carboxylic acids is 1. The van der Waals surface area contributed by atoms with E-state index in [9.17, 15) is 23.4 Å². The molecule has 132 valence electrons. The van der Waals surface area contributed by atoms with Gasteiger partial charge in [-0.2, -0.15) is 0 Å². The number of piperidine rings is 1. The molecule has 0 spiro atoms. The minimum absolute atomic E-state index is 0.0433.